The second kappa shape index (κ2) is 8.54. The maximum absolute atomic E-state index is 12.0. The summed E-state index contributed by atoms with van der Waals surface area (Å²) in [5.74, 6) is -0.178. The van der Waals surface area contributed by atoms with Crippen molar-refractivity contribution >= 4 is 17.5 Å². The normalized spacial score (nSPS) is 15.3. The van der Waals surface area contributed by atoms with Crippen LogP contribution >= 0.6 is 0 Å². The summed E-state index contributed by atoms with van der Waals surface area (Å²) in [4.78, 5) is 25.4. The number of piperidine rings is 1. The predicted octanol–water partition coefficient (Wildman–Crippen LogP) is 2.25. The Morgan fingerprint density at radius 1 is 1.09 bits per heavy atom. The van der Waals surface area contributed by atoms with E-state index in [0.717, 1.165) is 13.0 Å². The molecule has 1 saturated heterocycles. The van der Waals surface area contributed by atoms with Gasteiger partial charge in [0, 0.05) is 24.7 Å². The third-order valence-electron chi connectivity index (χ3n) is 3.85. The van der Waals surface area contributed by atoms with Gasteiger partial charge >= 0.3 is 0 Å². The molecule has 0 saturated carbocycles. The fourth-order valence-corrected chi connectivity index (χ4v) is 2.70. The van der Waals surface area contributed by atoms with Crippen LogP contribution in [0.5, 0.6) is 0 Å². The van der Waals surface area contributed by atoms with E-state index < -0.39 is 0 Å². The number of nitrogens with zero attached hydrogens (tertiary/aromatic N) is 1. The third-order valence-corrected chi connectivity index (χ3v) is 3.85. The van der Waals surface area contributed by atoms with E-state index in [9.17, 15) is 9.59 Å². The monoisotopic (exact) mass is 303 g/mol. The fourth-order valence-electron chi connectivity index (χ4n) is 2.70. The van der Waals surface area contributed by atoms with Crippen molar-refractivity contribution < 1.29 is 9.59 Å². The quantitative estimate of drug-likeness (QED) is 0.792. The topological polar surface area (TPSA) is 61.4 Å². The van der Waals surface area contributed by atoms with Gasteiger partial charge in [-0.25, -0.2) is 0 Å². The van der Waals surface area contributed by atoms with Crippen LogP contribution < -0.4 is 10.6 Å². The minimum absolute atomic E-state index is 0.0620. The van der Waals surface area contributed by atoms with Gasteiger partial charge in [0.15, 0.2) is 0 Å². The highest BCUT2D eigenvalue weighted by Gasteiger charge is 2.10. The molecule has 2 N–H and O–H groups in total. The lowest BCUT2D eigenvalue weighted by Crippen LogP contribution is -2.33. The van der Waals surface area contributed by atoms with Gasteiger partial charge in [0.05, 0.1) is 0 Å². The summed E-state index contributed by atoms with van der Waals surface area (Å²) in [7, 11) is 0. The van der Waals surface area contributed by atoms with Crippen molar-refractivity contribution in [2.24, 2.45) is 0 Å². The van der Waals surface area contributed by atoms with Gasteiger partial charge in [-0.1, -0.05) is 6.42 Å². The molecule has 0 radical (unpaired) electrons. The van der Waals surface area contributed by atoms with Gasteiger partial charge in [0.25, 0.3) is 5.91 Å². The minimum atomic E-state index is -0.116. The molecular weight excluding hydrogens is 278 g/mol. The average molecular weight is 303 g/mol. The Morgan fingerprint density at radius 3 is 2.41 bits per heavy atom. The minimum Gasteiger partial charge on any atom is -0.352 e. The number of benzene rings is 1. The largest absolute Gasteiger partial charge is 0.352 e. The maximum Gasteiger partial charge on any atom is 0.251 e. The zero-order valence-corrected chi connectivity index (χ0v) is 13.2. The Hall–Kier alpha value is -1.88. The number of nitrogens with one attached hydrogen (secondary N) is 2. The van der Waals surface area contributed by atoms with Crippen LogP contribution in [0.3, 0.4) is 0 Å². The van der Waals surface area contributed by atoms with Gasteiger partial charge in [0.1, 0.15) is 0 Å². The number of carbonyl (C=O) groups excluding carboxylic acids is 2. The number of likely N-dealkylation sites (tertiary alicyclic amines) is 1. The van der Waals surface area contributed by atoms with E-state index in [4.69, 9.17) is 0 Å². The van der Waals surface area contributed by atoms with E-state index in [0.29, 0.717) is 17.8 Å². The molecule has 0 spiro atoms. The van der Waals surface area contributed by atoms with Crippen molar-refractivity contribution in [3.8, 4) is 0 Å². The van der Waals surface area contributed by atoms with Crippen molar-refractivity contribution in [3.63, 3.8) is 0 Å². The van der Waals surface area contributed by atoms with Crippen molar-refractivity contribution in [1.82, 2.24) is 10.2 Å². The van der Waals surface area contributed by atoms with E-state index in [-0.39, 0.29) is 11.8 Å². The summed E-state index contributed by atoms with van der Waals surface area (Å²) in [6, 6.07) is 6.94. The molecule has 22 heavy (non-hydrogen) atoms. The van der Waals surface area contributed by atoms with E-state index in [1.165, 1.54) is 39.3 Å². The summed E-state index contributed by atoms with van der Waals surface area (Å²) in [6.07, 6.45) is 4.93. The highest BCUT2D eigenvalue weighted by atomic mass is 16.2. The Labute approximate surface area is 132 Å². The van der Waals surface area contributed by atoms with Gasteiger partial charge in [-0.2, -0.15) is 0 Å². The van der Waals surface area contributed by atoms with E-state index >= 15 is 0 Å². The Morgan fingerprint density at radius 2 is 1.77 bits per heavy atom. The van der Waals surface area contributed by atoms with E-state index in [1.54, 1.807) is 24.3 Å². The van der Waals surface area contributed by atoms with Crippen LogP contribution in [0.25, 0.3) is 0 Å². The number of rotatable bonds is 6. The molecule has 2 amide bonds. The highest BCUT2D eigenvalue weighted by molar-refractivity contribution is 5.95. The molecule has 1 aliphatic rings. The molecule has 1 aliphatic heterocycles. The first kappa shape index (κ1) is 16.5. The molecule has 0 bridgehead atoms. The zero-order valence-electron chi connectivity index (χ0n) is 13.2. The maximum atomic E-state index is 12.0. The smallest absolute Gasteiger partial charge is 0.251 e. The van der Waals surface area contributed by atoms with Crippen LogP contribution in [0.1, 0.15) is 43.0 Å². The van der Waals surface area contributed by atoms with Gasteiger partial charge in [-0.15, -0.1) is 0 Å². The first-order valence-electron chi connectivity index (χ1n) is 8.03. The Kier molecular flexibility index (Phi) is 6.40. The molecule has 120 valence electrons. The number of hydrogen-bond donors (Lipinski definition) is 2. The molecule has 1 aromatic rings. The summed E-state index contributed by atoms with van der Waals surface area (Å²) in [5, 5.41) is 5.63. The van der Waals surface area contributed by atoms with Crippen LogP contribution in [0, 0.1) is 0 Å². The molecule has 1 aromatic carbocycles. The van der Waals surface area contributed by atoms with Crippen molar-refractivity contribution in [2.75, 3.05) is 31.5 Å². The molecule has 5 heteroatoms. The lowest BCUT2D eigenvalue weighted by molar-refractivity contribution is -0.114. The van der Waals surface area contributed by atoms with Crippen molar-refractivity contribution in [2.45, 2.75) is 32.6 Å². The molecule has 0 unspecified atom stereocenters. The van der Waals surface area contributed by atoms with E-state index in [1.807, 2.05) is 0 Å². The standard InChI is InChI=1S/C17H25N3O2/c1-14(21)19-16-8-6-15(7-9-16)17(22)18-10-5-13-20-11-3-2-4-12-20/h6-9H,2-5,10-13H2,1H3,(H,18,22)(H,19,21). The van der Waals surface area contributed by atoms with Crippen LogP contribution in [-0.2, 0) is 4.79 Å². The number of hydrogen-bond acceptors (Lipinski definition) is 3. The first-order valence-corrected chi connectivity index (χ1v) is 8.03. The van der Waals surface area contributed by atoms with Crippen LogP contribution in [0.4, 0.5) is 5.69 Å². The van der Waals surface area contributed by atoms with Crippen LogP contribution in [-0.4, -0.2) is 42.9 Å². The van der Waals surface area contributed by atoms with Gasteiger partial charge in [0.2, 0.25) is 5.91 Å². The van der Waals surface area contributed by atoms with Crippen molar-refractivity contribution in [1.29, 1.82) is 0 Å². The Balaban J connectivity index is 1.69. The average Bonchev–Trinajstić information content (AvgIpc) is 2.52. The second-order valence-electron chi connectivity index (χ2n) is 5.77. The summed E-state index contributed by atoms with van der Waals surface area (Å²) < 4.78 is 0. The molecule has 0 aliphatic carbocycles. The zero-order chi connectivity index (χ0) is 15.8. The Bertz CT molecular complexity index is 493. The highest BCUT2D eigenvalue weighted by Crippen LogP contribution is 2.10. The lowest BCUT2D eigenvalue weighted by Gasteiger charge is -2.26. The SMILES string of the molecule is CC(=O)Nc1ccc(C(=O)NCCCN2CCCCC2)cc1. The fraction of sp³-hybridized carbons (Fsp3) is 0.529. The molecule has 0 atom stereocenters. The molecule has 2 rings (SSSR count). The van der Waals surface area contributed by atoms with Crippen LogP contribution in [0.2, 0.25) is 0 Å². The summed E-state index contributed by atoms with van der Waals surface area (Å²) in [6.45, 7) is 5.60. The summed E-state index contributed by atoms with van der Waals surface area (Å²) >= 11 is 0. The van der Waals surface area contributed by atoms with E-state index in [2.05, 4.69) is 15.5 Å². The van der Waals surface area contributed by atoms with Gasteiger partial charge in [-0.05, 0) is 63.2 Å². The first-order chi connectivity index (χ1) is 10.6. The number of amides is 2. The molecule has 0 aromatic heterocycles. The van der Waals surface area contributed by atoms with Crippen molar-refractivity contribution in [3.05, 3.63) is 29.8 Å². The van der Waals surface area contributed by atoms with Gasteiger partial charge < -0.3 is 15.5 Å². The second-order valence-corrected chi connectivity index (χ2v) is 5.77. The predicted molar refractivity (Wildman–Crippen MR) is 88.0 cm³/mol. The number of carbonyl (C=O) groups is 2. The summed E-state index contributed by atoms with van der Waals surface area (Å²) in [5.41, 5.74) is 1.32. The lowest BCUT2D eigenvalue weighted by atomic mass is 10.1. The molecular formula is C17H25N3O2. The molecule has 5 nitrogen and oxygen atoms in total. The molecule has 1 fully saturated rings. The molecule has 1 heterocycles. The van der Waals surface area contributed by atoms with Gasteiger partial charge in [-0.3, -0.25) is 9.59 Å². The number of anilines is 1. The third kappa shape index (κ3) is 5.48. The van der Waals surface area contributed by atoms with Crippen LogP contribution in [0.15, 0.2) is 24.3 Å².